The summed E-state index contributed by atoms with van der Waals surface area (Å²) >= 11 is 0. The highest BCUT2D eigenvalue weighted by Crippen LogP contribution is 2.75. The number of benzene rings is 1. The van der Waals surface area contributed by atoms with Crippen molar-refractivity contribution in [3.05, 3.63) is 41.5 Å². The Balaban J connectivity index is 1.21. The Hall–Kier alpha value is -2.34. The number of aromatic carboxylic acids is 1. The van der Waals surface area contributed by atoms with E-state index in [-0.39, 0.29) is 17.0 Å². The molecule has 4 saturated carbocycles. The quantitative estimate of drug-likeness (QED) is 0.277. The molecule has 3 N–H and O–H groups in total. The number of hydrogen-bond acceptors (Lipinski definition) is 3. The number of fused-ring (bicyclic) bond motifs is 7. The average Bonchev–Trinajstić information content (AvgIpc) is 3.39. The molecule has 6 rings (SSSR count). The maximum absolute atomic E-state index is 13.2. The highest BCUT2D eigenvalue weighted by atomic mass is 16.4. The Bertz CT molecular complexity index is 1290. The van der Waals surface area contributed by atoms with Crippen molar-refractivity contribution in [2.45, 2.75) is 104 Å². The Morgan fingerprint density at radius 3 is 2.36 bits per heavy atom. The van der Waals surface area contributed by atoms with Crippen LogP contribution in [0.1, 0.15) is 114 Å². The molecule has 1 aromatic rings. The molecular formula is C38H57N3O3. The summed E-state index contributed by atoms with van der Waals surface area (Å²) in [7, 11) is 4.16. The van der Waals surface area contributed by atoms with Crippen LogP contribution in [-0.4, -0.2) is 54.7 Å². The molecule has 0 radical (unpaired) electrons. The number of carbonyl (C=O) groups is 2. The first-order valence-corrected chi connectivity index (χ1v) is 17.6. The third-order valence-electron chi connectivity index (χ3n) is 14.5. The minimum absolute atomic E-state index is 0.0344. The Morgan fingerprint density at radius 2 is 1.66 bits per heavy atom. The molecule has 4 fully saturated rings. The molecule has 8 unspecified atom stereocenters. The number of allylic oxidation sites excluding steroid dienone is 2. The van der Waals surface area contributed by atoms with Crippen LogP contribution >= 0.6 is 0 Å². The molecule has 0 spiro atoms. The lowest BCUT2D eigenvalue weighted by atomic mass is 9.34. The fourth-order valence-corrected chi connectivity index (χ4v) is 12.1. The van der Waals surface area contributed by atoms with E-state index in [1.807, 2.05) is 12.1 Å². The normalized spacial score (nSPS) is 41.1. The fraction of sp³-hybridized carbons (Fsp3) is 0.737. The van der Waals surface area contributed by atoms with Crippen LogP contribution in [0.15, 0.2) is 30.3 Å². The van der Waals surface area contributed by atoms with E-state index in [4.69, 9.17) is 0 Å². The van der Waals surface area contributed by atoms with Crippen molar-refractivity contribution >= 4 is 17.6 Å². The summed E-state index contributed by atoms with van der Waals surface area (Å²) in [6.45, 7) is 12.1. The molecule has 6 heteroatoms. The second-order valence-electron chi connectivity index (χ2n) is 16.4. The minimum Gasteiger partial charge on any atom is -0.478 e. The summed E-state index contributed by atoms with van der Waals surface area (Å²) in [4.78, 5) is 26.8. The molecule has 0 bridgehead atoms. The third kappa shape index (κ3) is 4.93. The summed E-state index contributed by atoms with van der Waals surface area (Å²) in [5, 5.41) is 16.2. The van der Waals surface area contributed by atoms with Gasteiger partial charge in [-0.05, 0) is 154 Å². The predicted octanol–water partition coefficient (Wildman–Crippen LogP) is 7.85. The molecule has 1 aromatic carbocycles. The standard InChI is InChI=1S/C38H57N3O3/c1-25-28(26-10-12-27(13-11-26)33(42)43)16-19-35(2)29(25)17-20-37(4)32(35)15-14-30-31-9-7-18-38(31,22-21-36(30,37)3)40-34(44)39-23-8-24-41(5)6/h10-13,16,25,29-32H,7-9,14-15,17-24H2,1-6H3,(H,42,43)(H2,39,40,44)/t25?,29?,30?,31?,32?,35?,36-,37?,38?/m1/s1. The SMILES string of the molecule is CC1C(c2ccc(C(=O)O)cc2)=CCC2(C)C1CCC1(C)C2CCC2C3CCCC3(NC(=O)NCCCN(C)C)CC[C@]21C. The van der Waals surface area contributed by atoms with Gasteiger partial charge >= 0.3 is 12.0 Å². The molecule has 5 aliphatic rings. The second-order valence-corrected chi connectivity index (χ2v) is 16.4. The number of carboxylic acids is 1. The zero-order valence-electron chi connectivity index (χ0n) is 28.2. The van der Waals surface area contributed by atoms with Crippen LogP contribution in [0, 0.1) is 45.8 Å². The number of hydrogen-bond donors (Lipinski definition) is 3. The summed E-state index contributed by atoms with van der Waals surface area (Å²) in [6, 6.07) is 7.59. The van der Waals surface area contributed by atoms with Crippen molar-refractivity contribution in [2.75, 3.05) is 27.2 Å². The zero-order chi connectivity index (χ0) is 31.5. The summed E-state index contributed by atoms with van der Waals surface area (Å²) in [6.07, 6.45) is 15.7. The molecular weight excluding hydrogens is 546 g/mol. The van der Waals surface area contributed by atoms with Gasteiger partial charge in [0.2, 0.25) is 0 Å². The molecule has 0 heterocycles. The molecule has 242 valence electrons. The number of urea groups is 1. The molecule has 5 aliphatic carbocycles. The summed E-state index contributed by atoms with van der Waals surface area (Å²) in [5.41, 5.74) is 3.80. The van der Waals surface area contributed by atoms with E-state index in [0.29, 0.717) is 46.0 Å². The van der Waals surface area contributed by atoms with E-state index in [0.717, 1.165) is 38.8 Å². The minimum atomic E-state index is -0.863. The topological polar surface area (TPSA) is 81.7 Å². The summed E-state index contributed by atoms with van der Waals surface area (Å²) < 4.78 is 0. The molecule has 0 aliphatic heterocycles. The first-order chi connectivity index (χ1) is 20.8. The lowest BCUT2D eigenvalue weighted by Crippen LogP contribution is -2.67. The molecule has 2 amide bonds. The van der Waals surface area contributed by atoms with E-state index in [2.05, 4.69) is 63.4 Å². The number of amides is 2. The van der Waals surface area contributed by atoms with Crippen LogP contribution in [-0.2, 0) is 0 Å². The Labute approximate surface area is 265 Å². The van der Waals surface area contributed by atoms with Crippen LogP contribution in [0.2, 0.25) is 0 Å². The van der Waals surface area contributed by atoms with Crippen LogP contribution in [0.5, 0.6) is 0 Å². The van der Waals surface area contributed by atoms with E-state index in [1.165, 1.54) is 56.1 Å². The molecule has 6 nitrogen and oxygen atoms in total. The van der Waals surface area contributed by atoms with Crippen molar-refractivity contribution in [3.63, 3.8) is 0 Å². The third-order valence-corrected chi connectivity index (χ3v) is 14.5. The highest BCUT2D eigenvalue weighted by molar-refractivity contribution is 5.88. The number of carbonyl (C=O) groups excluding carboxylic acids is 1. The van der Waals surface area contributed by atoms with Crippen molar-refractivity contribution in [2.24, 2.45) is 45.8 Å². The number of nitrogens with one attached hydrogen (secondary N) is 2. The lowest BCUT2D eigenvalue weighted by Gasteiger charge is -2.71. The van der Waals surface area contributed by atoms with Crippen LogP contribution in [0.25, 0.3) is 5.57 Å². The van der Waals surface area contributed by atoms with E-state index >= 15 is 0 Å². The lowest BCUT2D eigenvalue weighted by molar-refractivity contribution is -0.210. The van der Waals surface area contributed by atoms with Gasteiger partial charge in [0.25, 0.3) is 0 Å². The van der Waals surface area contributed by atoms with E-state index in [9.17, 15) is 14.7 Å². The number of nitrogens with zero attached hydrogens (tertiary/aromatic N) is 1. The van der Waals surface area contributed by atoms with Gasteiger partial charge in [0, 0.05) is 12.1 Å². The molecule has 9 atom stereocenters. The molecule has 0 aromatic heterocycles. The first-order valence-electron chi connectivity index (χ1n) is 17.6. The number of carboxylic acid groups (broad SMARTS) is 1. The van der Waals surface area contributed by atoms with Gasteiger partial charge < -0.3 is 20.6 Å². The summed E-state index contributed by atoms with van der Waals surface area (Å²) in [5.74, 6) is 2.21. The van der Waals surface area contributed by atoms with Gasteiger partial charge in [-0.3, -0.25) is 0 Å². The molecule has 44 heavy (non-hydrogen) atoms. The van der Waals surface area contributed by atoms with Gasteiger partial charge in [0.1, 0.15) is 0 Å². The smallest absolute Gasteiger partial charge is 0.335 e. The van der Waals surface area contributed by atoms with Gasteiger partial charge in [-0.25, -0.2) is 9.59 Å². The average molecular weight is 604 g/mol. The largest absolute Gasteiger partial charge is 0.478 e. The first kappa shape index (κ1) is 31.6. The predicted molar refractivity (Wildman–Crippen MR) is 177 cm³/mol. The maximum atomic E-state index is 13.2. The van der Waals surface area contributed by atoms with E-state index < -0.39 is 5.97 Å². The number of rotatable bonds is 7. The second kappa shape index (κ2) is 11.5. The van der Waals surface area contributed by atoms with Crippen LogP contribution in [0.3, 0.4) is 0 Å². The van der Waals surface area contributed by atoms with E-state index in [1.54, 1.807) is 12.1 Å². The molecule has 0 saturated heterocycles. The monoisotopic (exact) mass is 603 g/mol. The van der Waals surface area contributed by atoms with Gasteiger partial charge in [-0.15, -0.1) is 0 Å². The maximum Gasteiger partial charge on any atom is 0.335 e. The van der Waals surface area contributed by atoms with Crippen molar-refractivity contribution < 1.29 is 14.7 Å². The van der Waals surface area contributed by atoms with Crippen LogP contribution in [0.4, 0.5) is 4.79 Å². The van der Waals surface area contributed by atoms with Gasteiger partial charge in [-0.2, -0.15) is 0 Å². The van der Waals surface area contributed by atoms with Gasteiger partial charge in [0.05, 0.1) is 5.56 Å². The highest BCUT2D eigenvalue weighted by Gasteiger charge is 2.68. The Morgan fingerprint density at radius 1 is 0.909 bits per heavy atom. The fourth-order valence-electron chi connectivity index (χ4n) is 12.1. The van der Waals surface area contributed by atoms with Crippen molar-refractivity contribution in [1.82, 2.24) is 15.5 Å². The van der Waals surface area contributed by atoms with Crippen LogP contribution < -0.4 is 10.6 Å². The Kier molecular flexibility index (Phi) is 8.25. The zero-order valence-corrected chi connectivity index (χ0v) is 28.2. The van der Waals surface area contributed by atoms with Crippen molar-refractivity contribution in [3.8, 4) is 0 Å². The van der Waals surface area contributed by atoms with Gasteiger partial charge in [-0.1, -0.05) is 52.3 Å². The van der Waals surface area contributed by atoms with Crippen molar-refractivity contribution in [1.29, 1.82) is 0 Å². The van der Waals surface area contributed by atoms with Gasteiger partial charge in [0.15, 0.2) is 0 Å².